The van der Waals surface area contributed by atoms with Gasteiger partial charge in [0.25, 0.3) is 0 Å². The van der Waals surface area contributed by atoms with Crippen LogP contribution >= 0.6 is 15.9 Å². The summed E-state index contributed by atoms with van der Waals surface area (Å²) < 4.78 is 6.46. The summed E-state index contributed by atoms with van der Waals surface area (Å²) in [5.41, 5.74) is 1.25. The molecule has 1 aromatic carbocycles. The van der Waals surface area contributed by atoms with Gasteiger partial charge in [0.05, 0.1) is 13.2 Å². The number of guanidine groups is 1. The molecule has 3 N–H and O–H groups in total. The molecule has 8 heteroatoms. The van der Waals surface area contributed by atoms with Gasteiger partial charge in [-0.1, -0.05) is 34.1 Å². The molecule has 0 spiro atoms. The molecule has 3 rings (SSSR count). The van der Waals surface area contributed by atoms with Crippen molar-refractivity contribution in [2.24, 2.45) is 0 Å². The second kappa shape index (κ2) is 13.3. The fourth-order valence-electron chi connectivity index (χ4n) is 3.51. The van der Waals surface area contributed by atoms with E-state index in [0.717, 1.165) is 82.2 Å². The maximum absolute atomic E-state index is 8.07. The van der Waals surface area contributed by atoms with Crippen molar-refractivity contribution in [3.05, 3.63) is 58.7 Å². The van der Waals surface area contributed by atoms with Crippen molar-refractivity contribution in [3.8, 4) is 0 Å². The number of hydrogen-bond acceptors (Lipinski definition) is 5. The lowest BCUT2D eigenvalue weighted by atomic mass is 10.2. The number of ether oxygens (including phenoxy) is 1. The van der Waals surface area contributed by atoms with Crippen molar-refractivity contribution in [1.82, 2.24) is 20.5 Å². The van der Waals surface area contributed by atoms with Gasteiger partial charge in [0.2, 0.25) is 0 Å². The van der Waals surface area contributed by atoms with Crippen LogP contribution in [0.2, 0.25) is 0 Å². The van der Waals surface area contributed by atoms with Crippen molar-refractivity contribution >= 4 is 27.7 Å². The minimum atomic E-state index is 0.402. The van der Waals surface area contributed by atoms with Crippen LogP contribution in [0, 0.1) is 5.41 Å². The minimum absolute atomic E-state index is 0.402. The van der Waals surface area contributed by atoms with Gasteiger partial charge in [-0.15, -0.1) is 0 Å². The van der Waals surface area contributed by atoms with E-state index in [1.807, 2.05) is 24.4 Å². The molecular formula is C23H33BrN6O. The summed E-state index contributed by atoms with van der Waals surface area (Å²) in [7, 11) is 0. The van der Waals surface area contributed by atoms with Crippen LogP contribution in [0.5, 0.6) is 0 Å². The number of benzene rings is 1. The Morgan fingerprint density at radius 3 is 2.52 bits per heavy atom. The van der Waals surface area contributed by atoms with E-state index in [0.29, 0.717) is 5.96 Å². The Kier molecular flexibility index (Phi) is 10.1. The summed E-state index contributed by atoms with van der Waals surface area (Å²) >= 11 is 3.50. The van der Waals surface area contributed by atoms with Crippen LogP contribution in [0.1, 0.15) is 18.4 Å². The summed E-state index contributed by atoms with van der Waals surface area (Å²) in [6, 6.07) is 14.4. The standard InChI is InChI=1S/C23H33BrN6O/c24-21-8-6-20(7-9-21)19-30(22-5-1-2-10-26-22)14-4-12-28-23(25)27-11-3-13-29-15-17-31-18-16-29/h1-2,5-10H,3-4,11-19H2,(H3,25,27,28). The molecule has 0 atom stereocenters. The van der Waals surface area contributed by atoms with Gasteiger partial charge in [0, 0.05) is 49.9 Å². The Morgan fingerprint density at radius 1 is 1.06 bits per heavy atom. The second-order valence-electron chi connectivity index (χ2n) is 7.63. The third-order valence-corrected chi connectivity index (χ3v) is 5.75. The monoisotopic (exact) mass is 488 g/mol. The number of nitrogens with zero attached hydrogens (tertiary/aromatic N) is 3. The van der Waals surface area contributed by atoms with Crippen molar-refractivity contribution in [2.75, 3.05) is 57.4 Å². The van der Waals surface area contributed by atoms with E-state index in [4.69, 9.17) is 10.1 Å². The molecule has 0 aliphatic carbocycles. The number of morpholine rings is 1. The lowest BCUT2D eigenvalue weighted by Crippen LogP contribution is -2.40. The summed E-state index contributed by atoms with van der Waals surface area (Å²) in [6.07, 6.45) is 3.79. The summed E-state index contributed by atoms with van der Waals surface area (Å²) in [5, 5.41) is 14.4. The average molecular weight is 489 g/mol. The molecule has 1 aliphatic rings. The Balaban J connectivity index is 1.35. The van der Waals surface area contributed by atoms with Crippen molar-refractivity contribution in [1.29, 1.82) is 5.41 Å². The number of halogens is 1. The Bertz CT molecular complexity index is 767. The minimum Gasteiger partial charge on any atom is -0.379 e. The molecule has 1 fully saturated rings. The third-order valence-electron chi connectivity index (χ3n) is 5.22. The Morgan fingerprint density at radius 2 is 1.81 bits per heavy atom. The quantitative estimate of drug-likeness (QED) is 0.256. The van der Waals surface area contributed by atoms with Gasteiger partial charge in [0.15, 0.2) is 5.96 Å². The first-order chi connectivity index (χ1) is 15.2. The highest BCUT2D eigenvalue weighted by atomic mass is 79.9. The molecule has 7 nitrogen and oxygen atoms in total. The predicted molar refractivity (Wildman–Crippen MR) is 130 cm³/mol. The molecule has 2 aromatic rings. The highest BCUT2D eigenvalue weighted by Gasteiger charge is 2.10. The summed E-state index contributed by atoms with van der Waals surface area (Å²) in [4.78, 5) is 9.22. The molecule has 2 heterocycles. The first kappa shape index (κ1) is 23.5. The molecule has 0 unspecified atom stereocenters. The Hall–Kier alpha value is -2.16. The second-order valence-corrected chi connectivity index (χ2v) is 8.54. The molecule has 1 aliphatic heterocycles. The molecule has 0 radical (unpaired) electrons. The van der Waals surface area contributed by atoms with Crippen LogP contribution in [-0.4, -0.2) is 68.3 Å². The number of hydrogen-bond donors (Lipinski definition) is 3. The normalized spacial score (nSPS) is 14.2. The van der Waals surface area contributed by atoms with Crippen LogP contribution in [0.15, 0.2) is 53.1 Å². The zero-order valence-electron chi connectivity index (χ0n) is 18.0. The van der Waals surface area contributed by atoms with Crippen LogP contribution in [0.4, 0.5) is 5.82 Å². The van der Waals surface area contributed by atoms with Crippen molar-refractivity contribution < 1.29 is 4.74 Å². The van der Waals surface area contributed by atoms with Crippen molar-refractivity contribution in [2.45, 2.75) is 19.4 Å². The maximum Gasteiger partial charge on any atom is 0.188 e. The molecule has 31 heavy (non-hydrogen) atoms. The molecule has 0 bridgehead atoms. The topological polar surface area (TPSA) is 76.5 Å². The van der Waals surface area contributed by atoms with Crippen LogP contribution < -0.4 is 15.5 Å². The fourth-order valence-corrected chi connectivity index (χ4v) is 3.78. The van der Waals surface area contributed by atoms with E-state index >= 15 is 0 Å². The van der Waals surface area contributed by atoms with Crippen LogP contribution in [0.3, 0.4) is 0 Å². The van der Waals surface area contributed by atoms with Gasteiger partial charge in [-0.3, -0.25) is 10.3 Å². The summed E-state index contributed by atoms with van der Waals surface area (Å²) in [5.74, 6) is 1.38. The van der Waals surface area contributed by atoms with Gasteiger partial charge in [-0.2, -0.15) is 0 Å². The molecule has 0 amide bonds. The molecule has 168 valence electrons. The number of nitrogens with one attached hydrogen (secondary N) is 3. The molecule has 1 aromatic heterocycles. The van der Waals surface area contributed by atoms with Gasteiger partial charge in [0.1, 0.15) is 5.82 Å². The van der Waals surface area contributed by atoms with E-state index in [1.165, 1.54) is 5.56 Å². The van der Waals surface area contributed by atoms with E-state index in [-0.39, 0.29) is 0 Å². The largest absolute Gasteiger partial charge is 0.379 e. The van der Waals surface area contributed by atoms with Gasteiger partial charge >= 0.3 is 0 Å². The highest BCUT2D eigenvalue weighted by molar-refractivity contribution is 9.10. The fraction of sp³-hybridized carbons (Fsp3) is 0.478. The zero-order chi connectivity index (χ0) is 21.7. The van der Waals surface area contributed by atoms with Crippen LogP contribution in [-0.2, 0) is 11.3 Å². The van der Waals surface area contributed by atoms with E-state index in [2.05, 4.69) is 65.6 Å². The van der Waals surface area contributed by atoms with Gasteiger partial charge in [-0.25, -0.2) is 4.98 Å². The number of rotatable bonds is 11. The number of pyridine rings is 1. The predicted octanol–water partition coefficient (Wildman–Crippen LogP) is 3.08. The molecule has 0 saturated carbocycles. The molecule has 1 saturated heterocycles. The average Bonchev–Trinajstić information content (AvgIpc) is 2.81. The number of anilines is 1. The van der Waals surface area contributed by atoms with Gasteiger partial charge in [-0.05, 0) is 49.2 Å². The SMILES string of the molecule is N=C(NCCCN1CCOCC1)NCCCN(Cc1ccc(Br)cc1)c1ccccn1. The number of aromatic nitrogens is 1. The van der Waals surface area contributed by atoms with E-state index < -0.39 is 0 Å². The lowest BCUT2D eigenvalue weighted by molar-refractivity contribution is 0.0376. The lowest BCUT2D eigenvalue weighted by Gasteiger charge is -2.26. The highest BCUT2D eigenvalue weighted by Crippen LogP contribution is 2.16. The summed E-state index contributed by atoms with van der Waals surface area (Å²) in [6.45, 7) is 7.99. The Labute approximate surface area is 193 Å². The third kappa shape index (κ3) is 8.85. The zero-order valence-corrected chi connectivity index (χ0v) is 19.6. The maximum atomic E-state index is 8.07. The van der Waals surface area contributed by atoms with E-state index in [1.54, 1.807) is 0 Å². The van der Waals surface area contributed by atoms with Crippen LogP contribution in [0.25, 0.3) is 0 Å². The first-order valence-corrected chi connectivity index (χ1v) is 11.8. The first-order valence-electron chi connectivity index (χ1n) is 11.0. The van der Waals surface area contributed by atoms with Gasteiger partial charge < -0.3 is 20.3 Å². The smallest absolute Gasteiger partial charge is 0.188 e. The van der Waals surface area contributed by atoms with Crippen molar-refractivity contribution in [3.63, 3.8) is 0 Å². The van der Waals surface area contributed by atoms with E-state index in [9.17, 15) is 0 Å². The molecular weight excluding hydrogens is 456 g/mol.